The van der Waals surface area contributed by atoms with Gasteiger partial charge in [0.25, 0.3) is 11.1 Å². The van der Waals surface area contributed by atoms with E-state index < -0.39 is 20.9 Å². The average molecular weight is 196 g/mol. The normalized spacial score (nSPS) is 38.6. The molecule has 0 aliphatic heterocycles. The Labute approximate surface area is 79.2 Å². The van der Waals surface area contributed by atoms with E-state index in [1.165, 1.54) is 24.3 Å². The van der Waals surface area contributed by atoms with E-state index >= 15 is 0 Å². The van der Waals surface area contributed by atoms with Crippen molar-refractivity contribution >= 4 is 0 Å². The zero-order chi connectivity index (χ0) is 10.4. The van der Waals surface area contributed by atoms with Crippen molar-refractivity contribution in [2.24, 2.45) is 0 Å². The highest BCUT2D eigenvalue weighted by Crippen LogP contribution is 2.40. The van der Waals surface area contributed by atoms with Gasteiger partial charge in [0.05, 0.1) is 0 Å². The molecule has 2 bridgehead atoms. The molecule has 74 valence electrons. The van der Waals surface area contributed by atoms with Crippen LogP contribution >= 0.6 is 0 Å². The Bertz CT molecular complexity index is 324. The minimum absolute atomic E-state index is 0.202. The molecule has 0 amide bonds. The summed E-state index contributed by atoms with van der Waals surface area (Å²) in [5.41, 5.74) is -2.39. The van der Waals surface area contributed by atoms with E-state index in [1.54, 1.807) is 0 Å². The Morgan fingerprint density at radius 1 is 0.857 bits per heavy atom. The summed E-state index contributed by atoms with van der Waals surface area (Å²) in [5, 5.41) is 21.5. The quantitative estimate of drug-likeness (QED) is 0.373. The molecule has 0 aromatic heterocycles. The van der Waals surface area contributed by atoms with Gasteiger partial charge in [-0.25, -0.2) is 0 Å². The topological polar surface area (TPSA) is 86.3 Å². The van der Waals surface area contributed by atoms with Crippen molar-refractivity contribution in [1.29, 1.82) is 0 Å². The van der Waals surface area contributed by atoms with Gasteiger partial charge in [0.2, 0.25) is 0 Å². The molecule has 0 spiro atoms. The molecule has 0 atom stereocenters. The summed E-state index contributed by atoms with van der Waals surface area (Å²) in [5.74, 6) is 0. The molecule has 3 aliphatic rings. The van der Waals surface area contributed by atoms with Crippen molar-refractivity contribution in [3.63, 3.8) is 0 Å². The van der Waals surface area contributed by atoms with Gasteiger partial charge >= 0.3 is 0 Å². The molecule has 0 aromatic carbocycles. The highest BCUT2D eigenvalue weighted by atomic mass is 16.6. The maximum absolute atomic E-state index is 10.7. The Balaban J connectivity index is 2.41. The van der Waals surface area contributed by atoms with Gasteiger partial charge in [-0.2, -0.15) is 0 Å². The molecule has 14 heavy (non-hydrogen) atoms. The van der Waals surface area contributed by atoms with Gasteiger partial charge in [0.1, 0.15) is 0 Å². The zero-order valence-corrected chi connectivity index (χ0v) is 7.25. The van der Waals surface area contributed by atoms with Crippen LogP contribution in [0, 0.1) is 20.2 Å². The first kappa shape index (κ1) is 8.86. The van der Waals surface area contributed by atoms with Crippen molar-refractivity contribution in [3.8, 4) is 0 Å². The van der Waals surface area contributed by atoms with E-state index in [1.807, 2.05) is 0 Å². The number of nitrogens with zero attached hydrogens (tertiary/aromatic N) is 2. The van der Waals surface area contributed by atoms with Gasteiger partial charge in [-0.1, -0.05) is 0 Å². The molecular formula is C8H8N2O4. The highest BCUT2D eigenvalue weighted by molar-refractivity contribution is 5.33. The number of hydrogen-bond donors (Lipinski definition) is 0. The fraction of sp³-hybridized carbons (Fsp3) is 0.500. The Morgan fingerprint density at radius 2 is 1.14 bits per heavy atom. The Morgan fingerprint density at radius 3 is 1.29 bits per heavy atom. The first-order valence-electron chi connectivity index (χ1n) is 4.21. The van der Waals surface area contributed by atoms with Crippen molar-refractivity contribution in [2.75, 3.05) is 0 Å². The van der Waals surface area contributed by atoms with Crippen LogP contribution in [0.2, 0.25) is 0 Å². The minimum Gasteiger partial charge on any atom is -0.263 e. The van der Waals surface area contributed by atoms with Crippen molar-refractivity contribution in [1.82, 2.24) is 0 Å². The van der Waals surface area contributed by atoms with Crippen LogP contribution in [0.3, 0.4) is 0 Å². The smallest absolute Gasteiger partial charge is 0.259 e. The molecule has 0 aromatic rings. The van der Waals surface area contributed by atoms with Gasteiger partial charge in [0.15, 0.2) is 0 Å². The van der Waals surface area contributed by atoms with Gasteiger partial charge in [0, 0.05) is 22.7 Å². The lowest BCUT2D eigenvalue weighted by Crippen LogP contribution is -2.49. The summed E-state index contributed by atoms with van der Waals surface area (Å²) in [4.78, 5) is 20.7. The van der Waals surface area contributed by atoms with Gasteiger partial charge in [-0.05, 0) is 24.3 Å². The maximum Gasteiger partial charge on any atom is 0.259 e. The van der Waals surface area contributed by atoms with Crippen LogP contribution in [0.25, 0.3) is 0 Å². The molecule has 0 fully saturated rings. The van der Waals surface area contributed by atoms with Crippen LogP contribution in [0.4, 0.5) is 0 Å². The zero-order valence-electron chi connectivity index (χ0n) is 7.25. The molecule has 0 saturated heterocycles. The lowest BCUT2D eigenvalue weighted by molar-refractivity contribution is -0.569. The van der Waals surface area contributed by atoms with E-state index in [0.717, 1.165) is 0 Å². The lowest BCUT2D eigenvalue weighted by Gasteiger charge is -2.32. The summed E-state index contributed by atoms with van der Waals surface area (Å²) in [7, 11) is 0. The fourth-order valence-corrected chi connectivity index (χ4v) is 1.85. The number of fused-ring (bicyclic) bond motifs is 1. The van der Waals surface area contributed by atoms with Crippen LogP contribution in [0.5, 0.6) is 0 Å². The first-order valence-corrected chi connectivity index (χ1v) is 4.21. The molecule has 6 heteroatoms. The highest BCUT2D eigenvalue weighted by Gasteiger charge is 2.54. The Hall–Kier alpha value is -1.72. The number of nitro groups is 2. The average Bonchev–Trinajstić information content (AvgIpc) is 2.20. The third-order valence-corrected chi connectivity index (χ3v) is 2.93. The summed E-state index contributed by atoms with van der Waals surface area (Å²) in [6.45, 7) is 0. The number of rotatable bonds is 2. The molecule has 0 unspecified atom stereocenters. The second-order valence-electron chi connectivity index (χ2n) is 3.66. The van der Waals surface area contributed by atoms with Crippen LogP contribution in [-0.2, 0) is 0 Å². The monoisotopic (exact) mass is 196 g/mol. The molecule has 3 aliphatic carbocycles. The van der Waals surface area contributed by atoms with E-state index in [-0.39, 0.29) is 12.8 Å². The molecule has 6 nitrogen and oxygen atoms in total. The Kier molecular flexibility index (Phi) is 1.52. The van der Waals surface area contributed by atoms with Crippen molar-refractivity contribution in [2.45, 2.75) is 23.9 Å². The van der Waals surface area contributed by atoms with Gasteiger partial charge in [-0.3, -0.25) is 20.2 Å². The standard InChI is InChI=1S/C8H8N2O4/c11-9(12)7-1-2-8(5-3-7,6-4-7)10(13)14/h1-3,5H,4,6H2. The minimum atomic E-state index is -1.20. The lowest BCUT2D eigenvalue weighted by atomic mass is 9.72. The predicted molar refractivity (Wildman–Crippen MR) is 47.0 cm³/mol. The summed E-state index contributed by atoms with van der Waals surface area (Å²) < 4.78 is 0. The molecule has 0 N–H and O–H groups in total. The van der Waals surface area contributed by atoms with E-state index in [4.69, 9.17) is 0 Å². The second-order valence-corrected chi connectivity index (χ2v) is 3.66. The van der Waals surface area contributed by atoms with Gasteiger partial charge < -0.3 is 0 Å². The first-order chi connectivity index (χ1) is 6.51. The molecule has 0 saturated carbocycles. The SMILES string of the molecule is O=[N+]([O-])C12C=CC([N+](=O)[O-])(C=C1)CC2. The number of hydrogen-bond acceptors (Lipinski definition) is 4. The van der Waals surface area contributed by atoms with Crippen LogP contribution in [0.1, 0.15) is 12.8 Å². The molecular weight excluding hydrogens is 188 g/mol. The summed E-state index contributed by atoms with van der Waals surface area (Å²) in [6.07, 6.45) is 5.74. The molecule has 3 rings (SSSR count). The summed E-state index contributed by atoms with van der Waals surface area (Å²) >= 11 is 0. The predicted octanol–water partition coefficient (Wildman–Crippen LogP) is 0.937. The second kappa shape index (κ2) is 2.40. The third kappa shape index (κ3) is 0.905. The summed E-state index contributed by atoms with van der Waals surface area (Å²) in [6, 6.07) is 0. The van der Waals surface area contributed by atoms with Crippen LogP contribution < -0.4 is 0 Å². The van der Waals surface area contributed by atoms with Crippen molar-refractivity contribution < 1.29 is 9.85 Å². The van der Waals surface area contributed by atoms with E-state index in [2.05, 4.69) is 0 Å². The molecule has 0 radical (unpaired) electrons. The largest absolute Gasteiger partial charge is 0.263 e. The third-order valence-electron chi connectivity index (χ3n) is 2.93. The van der Waals surface area contributed by atoms with Gasteiger partial charge in [-0.15, -0.1) is 0 Å². The maximum atomic E-state index is 10.7. The van der Waals surface area contributed by atoms with Crippen molar-refractivity contribution in [3.05, 3.63) is 44.5 Å². The van der Waals surface area contributed by atoms with Crippen LogP contribution in [-0.4, -0.2) is 20.9 Å². The van der Waals surface area contributed by atoms with E-state index in [9.17, 15) is 20.2 Å². The van der Waals surface area contributed by atoms with E-state index in [0.29, 0.717) is 0 Å². The van der Waals surface area contributed by atoms with Crippen LogP contribution in [0.15, 0.2) is 24.3 Å². The fourth-order valence-electron chi connectivity index (χ4n) is 1.85. The molecule has 0 heterocycles.